The van der Waals surface area contributed by atoms with Crippen LogP contribution in [0.5, 0.6) is 0 Å². The first-order valence-corrected chi connectivity index (χ1v) is 6.33. The topological polar surface area (TPSA) is 15.3 Å². The van der Waals surface area contributed by atoms with Gasteiger partial charge in [0.2, 0.25) is 0 Å². The predicted octanol–water partition coefficient (Wildman–Crippen LogP) is 2.32. The van der Waals surface area contributed by atoms with E-state index in [1.165, 1.54) is 12.8 Å². The summed E-state index contributed by atoms with van der Waals surface area (Å²) in [4.78, 5) is 2.40. The molecule has 0 amide bonds. The summed E-state index contributed by atoms with van der Waals surface area (Å²) < 4.78 is 13.4. The minimum absolute atomic E-state index is 0.0902. The van der Waals surface area contributed by atoms with Crippen molar-refractivity contribution in [2.45, 2.75) is 32.4 Å². The molecule has 2 nitrogen and oxygen atoms in total. The summed E-state index contributed by atoms with van der Waals surface area (Å²) in [6.07, 6.45) is 2.37. The molecule has 1 fully saturated rings. The van der Waals surface area contributed by atoms with Crippen molar-refractivity contribution in [3.63, 3.8) is 0 Å². The number of hydrogen-bond acceptors (Lipinski definition) is 2. The number of nitrogens with one attached hydrogen (secondary N) is 1. The molecule has 0 aromatic heterocycles. The monoisotopic (exact) mass is 236 g/mol. The van der Waals surface area contributed by atoms with Crippen LogP contribution >= 0.6 is 0 Å². The van der Waals surface area contributed by atoms with Crippen LogP contribution in [0.15, 0.2) is 18.2 Å². The third kappa shape index (κ3) is 3.27. The highest BCUT2D eigenvalue weighted by Crippen LogP contribution is 2.15. The first-order valence-electron chi connectivity index (χ1n) is 6.33. The predicted molar refractivity (Wildman–Crippen MR) is 68.5 cm³/mol. The lowest BCUT2D eigenvalue weighted by atomic mass is 10.0. The molecule has 0 aliphatic carbocycles. The minimum atomic E-state index is -0.0902. The maximum atomic E-state index is 13.4. The van der Waals surface area contributed by atoms with E-state index in [1.54, 1.807) is 13.0 Å². The summed E-state index contributed by atoms with van der Waals surface area (Å²) >= 11 is 0. The second kappa shape index (κ2) is 5.61. The standard InChI is InChI=1S/C14H21FN2/c1-11-3-4-12(9-14(11)15)10-17-7-5-13(16-2)6-8-17/h3-4,9,13,16H,5-8,10H2,1-2H3. The summed E-state index contributed by atoms with van der Waals surface area (Å²) in [6, 6.07) is 6.22. The molecular formula is C14H21FN2. The van der Waals surface area contributed by atoms with Crippen LogP contribution in [0, 0.1) is 12.7 Å². The van der Waals surface area contributed by atoms with E-state index in [2.05, 4.69) is 10.2 Å². The molecule has 0 spiro atoms. The van der Waals surface area contributed by atoms with Crippen LogP contribution in [0.3, 0.4) is 0 Å². The maximum absolute atomic E-state index is 13.4. The number of nitrogens with zero attached hydrogens (tertiary/aromatic N) is 1. The summed E-state index contributed by atoms with van der Waals surface area (Å²) in [5.41, 5.74) is 1.80. The van der Waals surface area contributed by atoms with Gasteiger partial charge in [-0.2, -0.15) is 0 Å². The Labute approximate surface area is 103 Å². The van der Waals surface area contributed by atoms with E-state index >= 15 is 0 Å². The zero-order valence-electron chi connectivity index (χ0n) is 10.7. The summed E-state index contributed by atoms with van der Waals surface area (Å²) in [5.74, 6) is -0.0902. The zero-order chi connectivity index (χ0) is 12.3. The van der Waals surface area contributed by atoms with Crippen molar-refractivity contribution in [3.05, 3.63) is 35.1 Å². The molecule has 1 N–H and O–H groups in total. The van der Waals surface area contributed by atoms with E-state index in [9.17, 15) is 4.39 Å². The van der Waals surface area contributed by atoms with Gasteiger partial charge in [0.25, 0.3) is 0 Å². The number of aryl methyl sites for hydroxylation is 1. The van der Waals surface area contributed by atoms with Crippen molar-refractivity contribution in [3.8, 4) is 0 Å². The third-order valence-corrected chi connectivity index (χ3v) is 3.64. The number of likely N-dealkylation sites (tertiary alicyclic amines) is 1. The largest absolute Gasteiger partial charge is 0.317 e. The number of hydrogen-bond donors (Lipinski definition) is 1. The van der Waals surface area contributed by atoms with Crippen molar-refractivity contribution in [2.24, 2.45) is 0 Å². The van der Waals surface area contributed by atoms with Crippen LogP contribution in [0.1, 0.15) is 24.0 Å². The second-order valence-electron chi connectivity index (χ2n) is 4.92. The molecule has 1 aliphatic rings. The Morgan fingerprint density at radius 2 is 2.06 bits per heavy atom. The molecule has 0 bridgehead atoms. The van der Waals surface area contributed by atoms with Gasteiger partial charge in [-0.1, -0.05) is 12.1 Å². The molecule has 0 radical (unpaired) electrons. The van der Waals surface area contributed by atoms with Gasteiger partial charge in [-0.3, -0.25) is 4.90 Å². The van der Waals surface area contributed by atoms with Gasteiger partial charge in [0, 0.05) is 12.6 Å². The van der Waals surface area contributed by atoms with Gasteiger partial charge in [0.05, 0.1) is 0 Å². The quantitative estimate of drug-likeness (QED) is 0.866. The zero-order valence-corrected chi connectivity index (χ0v) is 10.7. The molecule has 1 aliphatic heterocycles. The second-order valence-corrected chi connectivity index (χ2v) is 4.92. The number of halogens is 1. The summed E-state index contributed by atoms with van der Waals surface area (Å²) in [5, 5.41) is 3.32. The van der Waals surface area contributed by atoms with E-state index in [0.29, 0.717) is 6.04 Å². The Balaban J connectivity index is 1.91. The minimum Gasteiger partial charge on any atom is -0.317 e. The average Bonchev–Trinajstić information content (AvgIpc) is 2.35. The van der Waals surface area contributed by atoms with Crippen LogP contribution in [-0.2, 0) is 6.54 Å². The highest BCUT2D eigenvalue weighted by molar-refractivity contribution is 5.23. The number of piperidine rings is 1. The van der Waals surface area contributed by atoms with Crippen molar-refractivity contribution in [1.29, 1.82) is 0 Å². The van der Waals surface area contributed by atoms with Gasteiger partial charge in [0.15, 0.2) is 0 Å². The summed E-state index contributed by atoms with van der Waals surface area (Å²) in [6.45, 7) is 4.87. The third-order valence-electron chi connectivity index (χ3n) is 3.64. The van der Waals surface area contributed by atoms with E-state index in [1.807, 2.05) is 19.2 Å². The molecule has 17 heavy (non-hydrogen) atoms. The van der Waals surface area contributed by atoms with Gasteiger partial charge in [-0.25, -0.2) is 4.39 Å². The molecule has 1 aromatic carbocycles. The average molecular weight is 236 g/mol. The molecule has 1 saturated heterocycles. The molecule has 2 rings (SSSR count). The molecule has 1 aromatic rings. The first kappa shape index (κ1) is 12.5. The fourth-order valence-corrected chi connectivity index (χ4v) is 2.37. The van der Waals surface area contributed by atoms with E-state index in [0.717, 1.165) is 30.8 Å². The fourth-order valence-electron chi connectivity index (χ4n) is 2.37. The fraction of sp³-hybridized carbons (Fsp3) is 0.571. The number of benzene rings is 1. The van der Waals surface area contributed by atoms with Gasteiger partial charge in [-0.15, -0.1) is 0 Å². The lowest BCUT2D eigenvalue weighted by Crippen LogP contribution is -2.40. The Hall–Kier alpha value is -0.930. The molecule has 1 heterocycles. The van der Waals surface area contributed by atoms with Gasteiger partial charge in [-0.05, 0) is 57.1 Å². The van der Waals surface area contributed by atoms with Gasteiger partial charge in [0.1, 0.15) is 5.82 Å². The Kier molecular flexibility index (Phi) is 4.13. The Bertz CT molecular complexity index is 370. The smallest absolute Gasteiger partial charge is 0.126 e. The van der Waals surface area contributed by atoms with E-state index < -0.39 is 0 Å². The van der Waals surface area contributed by atoms with E-state index in [-0.39, 0.29) is 5.82 Å². The Morgan fingerprint density at radius 3 is 2.65 bits per heavy atom. The van der Waals surface area contributed by atoms with Gasteiger partial charge < -0.3 is 5.32 Å². The lowest BCUT2D eigenvalue weighted by Gasteiger charge is -2.31. The maximum Gasteiger partial charge on any atom is 0.126 e. The molecule has 0 saturated carbocycles. The first-order chi connectivity index (χ1) is 8.19. The van der Waals surface area contributed by atoms with E-state index in [4.69, 9.17) is 0 Å². The summed E-state index contributed by atoms with van der Waals surface area (Å²) in [7, 11) is 2.02. The van der Waals surface area contributed by atoms with Crippen molar-refractivity contribution in [2.75, 3.05) is 20.1 Å². The van der Waals surface area contributed by atoms with Gasteiger partial charge >= 0.3 is 0 Å². The molecule has 0 atom stereocenters. The molecular weight excluding hydrogens is 215 g/mol. The number of rotatable bonds is 3. The van der Waals surface area contributed by atoms with Crippen LogP contribution in [0.4, 0.5) is 4.39 Å². The SMILES string of the molecule is CNC1CCN(Cc2ccc(C)c(F)c2)CC1. The van der Waals surface area contributed by atoms with Crippen LogP contribution in [-0.4, -0.2) is 31.1 Å². The molecule has 3 heteroatoms. The van der Waals surface area contributed by atoms with Crippen molar-refractivity contribution >= 4 is 0 Å². The highest BCUT2D eigenvalue weighted by atomic mass is 19.1. The van der Waals surface area contributed by atoms with Crippen LogP contribution in [0.2, 0.25) is 0 Å². The normalized spacial score (nSPS) is 18.5. The van der Waals surface area contributed by atoms with Crippen molar-refractivity contribution < 1.29 is 4.39 Å². The van der Waals surface area contributed by atoms with Crippen LogP contribution < -0.4 is 5.32 Å². The molecule has 0 unspecified atom stereocenters. The van der Waals surface area contributed by atoms with Crippen LogP contribution in [0.25, 0.3) is 0 Å². The Morgan fingerprint density at radius 1 is 1.35 bits per heavy atom. The highest BCUT2D eigenvalue weighted by Gasteiger charge is 2.17. The van der Waals surface area contributed by atoms with Crippen molar-refractivity contribution in [1.82, 2.24) is 10.2 Å². The lowest BCUT2D eigenvalue weighted by molar-refractivity contribution is 0.194. The molecule has 94 valence electrons.